The molecule has 8 nitrogen and oxygen atoms in total. The van der Waals surface area contributed by atoms with Gasteiger partial charge in [0.05, 0.1) is 7.11 Å². The molecule has 0 unspecified atom stereocenters. The zero-order valence-corrected chi connectivity index (χ0v) is 15.2. The molecule has 0 aliphatic rings. The molecule has 0 heterocycles. The molecule has 0 fully saturated rings. The first-order chi connectivity index (χ1) is 13.0. The Labute approximate surface area is 157 Å². The predicted molar refractivity (Wildman–Crippen MR) is 103 cm³/mol. The molecule has 0 aliphatic carbocycles. The third-order valence-corrected chi connectivity index (χ3v) is 3.49. The van der Waals surface area contributed by atoms with Crippen LogP contribution in [0.15, 0.2) is 48.5 Å². The van der Waals surface area contributed by atoms with E-state index in [1.807, 2.05) is 0 Å². The number of carbonyl (C=O) groups excluding carboxylic acids is 3. The quantitative estimate of drug-likeness (QED) is 0.560. The van der Waals surface area contributed by atoms with Gasteiger partial charge >= 0.3 is 6.03 Å². The summed E-state index contributed by atoms with van der Waals surface area (Å²) in [5.41, 5.74) is 1.64. The van der Waals surface area contributed by atoms with Crippen LogP contribution in [0, 0.1) is 0 Å². The average Bonchev–Trinajstić information content (AvgIpc) is 2.65. The maximum Gasteiger partial charge on any atom is 0.319 e. The first-order valence-electron chi connectivity index (χ1n) is 8.32. The van der Waals surface area contributed by atoms with Gasteiger partial charge in [0.1, 0.15) is 5.75 Å². The molecule has 0 aliphatic heterocycles. The highest BCUT2D eigenvalue weighted by Crippen LogP contribution is 2.14. The summed E-state index contributed by atoms with van der Waals surface area (Å²) < 4.78 is 5.04. The van der Waals surface area contributed by atoms with Crippen molar-refractivity contribution >= 4 is 29.2 Å². The summed E-state index contributed by atoms with van der Waals surface area (Å²) in [6.45, 7) is 1.95. The number of ether oxygens (including phenoxy) is 1. The number of benzene rings is 2. The molecular formula is C19H22N4O4. The monoisotopic (exact) mass is 370 g/mol. The van der Waals surface area contributed by atoms with E-state index in [1.54, 1.807) is 55.6 Å². The third kappa shape index (κ3) is 6.69. The van der Waals surface area contributed by atoms with E-state index in [-0.39, 0.29) is 24.9 Å². The molecule has 4 amide bonds. The molecule has 0 spiro atoms. The van der Waals surface area contributed by atoms with Crippen molar-refractivity contribution in [3.05, 3.63) is 54.1 Å². The van der Waals surface area contributed by atoms with Crippen LogP contribution in [0.2, 0.25) is 0 Å². The Bertz CT molecular complexity index is 806. The molecule has 2 rings (SSSR count). The van der Waals surface area contributed by atoms with E-state index in [9.17, 15) is 14.4 Å². The first-order valence-corrected chi connectivity index (χ1v) is 8.32. The minimum atomic E-state index is -0.409. The van der Waals surface area contributed by atoms with Crippen molar-refractivity contribution in [1.82, 2.24) is 10.6 Å². The molecular weight excluding hydrogens is 348 g/mol. The number of methoxy groups -OCH3 is 1. The lowest BCUT2D eigenvalue weighted by Crippen LogP contribution is -2.36. The molecule has 0 atom stereocenters. The Balaban J connectivity index is 1.72. The van der Waals surface area contributed by atoms with E-state index in [1.165, 1.54) is 6.92 Å². The van der Waals surface area contributed by atoms with Gasteiger partial charge in [-0.3, -0.25) is 9.59 Å². The molecule has 0 aromatic heterocycles. The van der Waals surface area contributed by atoms with Gasteiger partial charge < -0.3 is 26.0 Å². The van der Waals surface area contributed by atoms with E-state index >= 15 is 0 Å². The SMILES string of the molecule is COc1ccc(C(=O)NCCNC(=O)Nc2cccc(NC(C)=O)c2)cc1. The zero-order valence-electron chi connectivity index (χ0n) is 15.2. The number of carbonyl (C=O) groups is 3. The lowest BCUT2D eigenvalue weighted by molar-refractivity contribution is -0.114. The van der Waals surface area contributed by atoms with Crippen LogP contribution in [-0.4, -0.2) is 38.0 Å². The van der Waals surface area contributed by atoms with Crippen LogP contribution in [0.3, 0.4) is 0 Å². The fourth-order valence-corrected chi connectivity index (χ4v) is 2.25. The summed E-state index contributed by atoms with van der Waals surface area (Å²) in [7, 11) is 1.56. The van der Waals surface area contributed by atoms with Crippen LogP contribution in [0.4, 0.5) is 16.2 Å². The van der Waals surface area contributed by atoms with Crippen LogP contribution in [0.5, 0.6) is 5.75 Å². The molecule has 8 heteroatoms. The van der Waals surface area contributed by atoms with Gasteiger partial charge in [-0.25, -0.2) is 4.79 Å². The van der Waals surface area contributed by atoms with Crippen molar-refractivity contribution in [2.24, 2.45) is 0 Å². The van der Waals surface area contributed by atoms with Crippen molar-refractivity contribution < 1.29 is 19.1 Å². The van der Waals surface area contributed by atoms with Crippen molar-refractivity contribution in [2.75, 3.05) is 30.8 Å². The smallest absolute Gasteiger partial charge is 0.319 e. The van der Waals surface area contributed by atoms with Crippen molar-refractivity contribution in [1.29, 1.82) is 0 Å². The molecule has 27 heavy (non-hydrogen) atoms. The average molecular weight is 370 g/mol. The summed E-state index contributed by atoms with van der Waals surface area (Å²) in [6, 6.07) is 13.1. The second-order valence-corrected chi connectivity index (χ2v) is 5.63. The van der Waals surface area contributed by atoms with E-state index in [0.717, 1.165) is 0 Å². The summed E-state index contributed by atoms with van der Waals surface area (Å²) in [6.07, 6.45) is 0. The van der Waals surface area contributed by atoms with E-state index in [0.29, 0.717) is 22.7 Å². The number of amides is 4. The van der Waals surface area contributed by atoms with Crippen LogP contribution in [0.1, 0.15) is 17.3 Å². The van der Waals surface area contributed by atoms with Gasteiger partial charge in [-0.1, -0.05) is 6.07 Å². The number of hydrogen-bond acceptors (Lipinski definition) is 4. The maximum absolute atomic E-state index is 12.0. The van der Waals surface area contributed by atoms with Crippen molar-refractivity contribution in [2.45, 2.75) is 6.92 Å². The fourth-order valence-electron chi connectivity index (χ4n) is 2.25. The van der Waals surface area contributed by atoms with Gasteiger partial charge in [0.25, 0.3) is 5.91 Å². The standard InChI is InChI=1S/C19H22N4O4/c1-13(24)22-15-4-3-5-16(12-15)23-19(26)21-11-10-20-18(25)14-6-8-17(27-2)9-7-14/h3-9,12H,10-11H2,1-2H3,(H,20,25)(H,22,24)(H2,21,23,26). The van der Waals surface area contributed by atoms with Gasteiger partial charge in [0, 0.05) is 37.0 Å². The van der Waals surface area contributed by atoms with Crippen molar-refractivity contribution in [3.63, 3.8) is 0 Å². The number of urea groups is 1. The molecule has 0 bridgehead atoms. The minimum absolute atomic E-state index is 0.191. The van der Waals surface area contributed by atoms with E-state index in [4.69, 9.17) is 4.74 Å². The van der Waals surface area contributed by atoms with Gasteiger partial charge in [-0.05, 0) is 42.5 Å². The number of rotatable bonds is 7. The highest BCUT2D eigenvalue weighted by Gasteiger charge is 2.06. The number of anilines is 2. The Morgan fingerprint density at radius 2 is 1.52 bits per heavy atom. The number of nitrogens with one attached hydrogen (secondary N) is 4. The summed E-state index contributed by atoms with van der Waals surface area (Å²) in [5.74, 6) is 0.250. The number of hydrogen-bond donors (Lipinski definition) is 4. The highest BCUT2D eigenvalue weighted by molar-refractivity contribution is 5.94. The molecule has 2 aromatic carbocycles. The minimum Gasteiger partial charge on any atom is -0.497 e. The third-order valence-electron chi connectivity index (χ3n) is 3.49. The van der Waals surface area contributed by atoms with Gasteiger partial charge in [-0.2, -0.15) is 0 Å². The van der Waals surface area contributed by atoms with E-state index < -0.39 is 6.03 Å². The summed E-state index contributed by atoms with van der Waals surface area (Å²) in [4.78, 5) is 34.9. The maximum atomic E-state index is 12.0. The molecule has 0 saturated carbocycles. The zero-order chi connectivity index (χ0) is 19.6. The summed E-state index contributed by atoms with van der Waals surface area (Å²) in [5, 5.41) is 10.7. The Kier molecular flexibility index (Phi) is 7.18. The first kappa shape index (κ1) is 19.8. The van der Waals surface area contributed by atoms with Crippen LogP contribution >= 0.6 is 0 Å². The Morgan fingerprint density at radius 3 is 2.15 bits per heavy atom. The summed E-state index contributed by atoms with van der Waals surface area (Å²) >= 11 is 0. The van der Waals surface area contributed by atoms with E-state index in [2.05, 4.69) is 21.3 Å². The van der Waals surface area contributed by atoms with Gasteiger partial charge in [0.2, 0.25) is 5.91 Å². The molecule has 2 aromatic rings. The van der Waals surface area contributed by atoms with Crippen LogP contribution in [0.25, 0.3) is 0 Å². The predicted octanol–water partition coefficient (Wildman–Crippen LogP) is 2.21. The van der Waals surface area contributed by atoms with Crippen LogP contribution < -0.4 is 26.0 Å². The second-order valence-electron chi connectivity index (χ2n) is 5.63. The van der Waals surface area contributed by atoms with Crippen LogP contribution in [-0.2, 0) is 4.79 Å². The fraction of sp³-hybridized carbons (Fsp3) is 0.211. The molecule has 4 N–H and O–H groups in total. The van der Waals surface area contributed by atoms with Gasteiger partial charge in [-0.15, -0.1) is 0 Å². The molecule has 142 valence electrons. The largest absolute Gasteiger partial charge is 0.497 e. The normalized spacial score (nSPS) is 9.85. The molecule has 0 saturated heterocycles. The lowest BCUT2D eigenvalue weighted by atomic mass is 10.2. The Morgan fingerprint density at radius 1 is 0.889 bits per heavy atom. The lowest BCUT2D eigenvalue weighted by Gasteiger charge is -2.10. The van der Waals surface area contributed by atoms with Crippen molar-refractivity contribution in [3.8, 4) is 5.75 Å². The second kappa shape index (κ2) is 9.81. The highest BCUT2D eigenvalue weighted by atomic mass is 16.5. The Hall–Kier alpha value is -3.55. The topological polar surface area (TPSA) is 109 Å². The van der Waals surface area contributed by atoms with Gasteiger partial charge in [0.15, 0.2) is 0 Å². The molecule has 0 radical (unpaired) electrons.